The van der Waals surface area contributed by atoms with Gasteiger partial charge in [-0.2, -0.15) is 5.10 Å². The molecule has 0 aliphatic carbocycles. The lowest BCUT2D eigenvalue weighted by atomic mass is 10.1. The Morgan fingerprint density at radius 2 is 1.81 bits per heavy atom. The molecule has 1 amide bonds. The maximum absolute atomic E-state index is 12.7. The van der Waals surface area contributed by atoms with Gasteiger partial charge in [-0.3, -0.25) is 15.0 Å². The lowest BCUT2D eigenvalue weighted by molar-refractivity contribution is -0.120. The molecule has 2 heterocycles. The third-order valence-corrected chi connectivity index (χ3v) is 5.19. The van der Waals surface area contributed by atoms with Crippen LogP contribution in [0.5, 0.6) is 0 Å². The number of hydrogen-bond donors (Lipinski definition) is 1. The number of carbonyl (C=O) groups is 1. The zero-order valence-corrected chi connectivity index (χ0v) is 17.8. The smallest absolute Gasteiger partial charge is 0.243 e. The minimum Gasteiger partial charge on any atom is -0.338 e. The van der Waals surface area contributed by atoms with Crippen molar-refractivity contribution in [3.05, 3.63) is 84.2 Å². The summed E-state index contributed by atoms with van der Waals surface area (Å²) in [6.45, 7) is 4.23. The first-order valence-corrected chi connectivity index (χ1v) is 10.1. The summed E-state index contributed by atoms with van der Waals surface area (Å²) in [5.41, 5.74) is 4.68. The molecule has 7 heteroatoms. The number of aromatic nitrogens is 3. The van der Waals surface area contributed by atoms with Crippen molar-refractivity contribution in [3.63, 3.8) is 0 Å². The molecular formula is C24H25N5O2. The Labute approximate surface area is 181 Å². The maximum atomic E-state index is 12.7. The van der Waals surface area contributed by atoms with Gasteiger partial charge in [0, 0.05) is 29.9 Å². The highest BCUT2D eigenvalue weighted by Gasteiger charge is 2.22. The fourth-order valence-electron chi connectivity index (χ4n) is 3.33. The molecule has 1 unspecified atom stereocenters. The third kappa shape index (κ3) is 4.73. The summed E-state index contributed by atoms with van der Waals surface area (Å²) in [6.07, 6.45) is 2.03. The van der Waals surface area contributed by atoms with Crippen molar-refractivity contribution in [2.45, 2.75) is 26.4 Å². The maximum Gasteiger partial charge on any atom is 0.243 e. The molecule has 0 spiro atoms. The number of anilines is 1. The Balaban J connectivity index is 1.57. The van der Waals surface area contributed by atoms with Crippen molar-refractivity contribution in [2.24, 2.45) is 0 Å². The molecule has 0 fully saturated rings. The quantitative estimate of drug-likeness (QED) is 0.487. The molecular weight excluding hydrogens is 390 g/mol. The molecule has 4 aromatic rings. The molecule has 1 N–H and O–H groups in total. The molecule has 0 bridgehead atoms. The number of para-hydroxylation sites is 1. The molecule has 7 nitrogen and oxygen atoms in total. The van der Waals surface area contributed by atoms with Crippen LogP contribution in [0.15, 0.2) is 77.4 Å². The predicted molar refractivity (Wildman–Crippen MR) is 120 cm³/mol. The van der Waals surface area contributed by atoms with E-state index in [0.717, 1.165) is 28.2 Å². The Bertz CT molecular complexity index is 1150. The van der Waals surface area contributed by atoms with Crippen LogP contribution in [0.25, 0.3) is 16.9 Å². The summed E-state index contributed by atoms with van der Waals surface area (Å²) in [6, 6.07) is 21.4. The molecule has 2 aromatic carbocycles. The predicted octanol–water partition coefficient (Wildman–Crippen LogP) is 4.29. The van der Waals surface area contributed by atoms with Gasteiger partial charge >= 0.3 is 0 Å². The minimum atomic E-state index is -0.380. The standard InChI is InChI=1S/C24H25N5O2/c1-17-14-22(31-27-17)25-24(30)18(2)28(3)15-20-16-29(21-12-8-5-9-13-21)26-23(20)19-10-6-4-7-11-19/h4-14,16,18H,15H2,1-3H3,(H,25,30). The van der Waals surface area contributed by atoms with Gasteiger partial charge in [0.1, 0.15) is 0 Å². The fraction of sp³-hybridized carbons (Fsp3) is 0.208. The second-order valence-corrected chi connectivity index (χ2v) is 7.56. The minimum absolute atomic E-state index is 0.157. The van der Waals surface area contributed by atoms with Crippen LogP contribution >= 0.6 is 0 Å². The van der Waals surface area contributed by atoms with Crippen LogP contribution in [-0.4, -0.2) is 38.8 Å². The lowest BCUT2D eigenvalue weighted by Gasteiger charge is -2.23. The van der Waals surface area contributed by atoms with E-state index in [1.165, 1.54) is 0 Å². The molecule has 2 aromatic heterocycles. The molecule has 4 rings (SSSR count). The number of hydrogen-bond acceptors (Lipinski definition) is 5. The molecule has 158 valence electrons. The molecule has 0 saturated heterocycles. The van der Waals surface area contributed by atoms with E-state index in [9.17, 15) is 4.79 Å². The van der Waals surface area contributed by atoms with Gasteiger partial charge in [-0.25, -0.2) is 4.68 Å². The summed E-state index contributed by atoms with van der Waals surface area (Å²) in [7, 11) is 1.92. The highest BCUT2D eigenvalue weighted by atomic mass is 16.5. The summed E-state index contributed by atoms with van der Waals surface area (Å²) < 4.78 is 6.98. The van der Waals surface area contributed by atoms with Crippen LogP contribution in [0.2, 0.25) is 0 Å². The number of aryl methyl sites for hydroxylation is 1. The zero-order chi connectivity index (χ0) is 21.8. The zero-order valence-electron chi connectivity index (χ0n) is 17.8. The Morgan fingerprint density at radius 3 is 2.45 bits per heavy atom. The number of likely N-dealkylation sites (N-methyl/N-ethyl adjacent to an activating group) is 1. The van der Waals surface area contributed by atoms with Crippen molar-refractivity contribution in [2.75, 3.05) is 12.4 Å². The average molecular weight is 415 g/mol. The van der Waals surface area contributed by atoms with Crippen molar-refractivity contribution >= 4 is 11.8 Å². The van der Waals surface area contributed by atoms with E-state index >= 15 is 0 Å². The van der Waals surface area contributed by atoms with Crippen LogP contribution in [-0.2, 0) is 11.3 Å². The van der Waals surface area contributed by atoms with E-state index in [-0.39, 0.29) is 11.9 Å². The first kappa shape index (κ1) is 20.6. The summed E-state index contributed by atoms with van der Waals surface area (Å²) >= 11 is 0. The largest absolute Gasteiger partial charge is 0.338 e. The van der Waals surface area contributed by atoms with Crippen molar-refractivity contribution in [1.29, 1.82) is 0 Å². The molecule has 1 atom stereocenters. The van der Waals surface area contributed by atoms with Crippen molar-refractivity contribution in [3.8, 4) is 16.9 Å². The molecule has 31 heavy (non-hydrogen) atoms. The van der Waals surface area contributed by atoms with Crippen LogP contribution < -0.4 is 5.32 Å². The number of amides is 1. The van der Waals surface area contributed by atoms with Gasteiger partial charge < -0.3 is 4.52 Å². The number of carbonyl (C=O) groups excluding carboxylic acids is 1. The van der Waals surface area contributed by atoms with Gasteiger partial charge in [-0.15, -0.1) is 0 Å². The van der Waals surface area contributed by atoms with Gasteiger partial charge in [0.05, 0.1) is 23.1 Å². The third-order valence-electron chi connectivity index (χ3n) is 5.19. The molecule has 0 radical (unpaired) electrons. The van der Waals surface area contributed by atoms with E-state index in [2.05, 4.69) is 10.5 Å². The van der Waals surface area contributed by atoms with Crippen LogP contribution in [0.1, 0.15) is 18.2 Å². The SMILES string of the molecule is Cc1cc(NC(=O)C(C)N(C)Cc2cn(-c3ccccc3)nc2-c2ccccc2)on1. The Kier molecular flexibility index (Phi) is 5.95. The topological polar surface area (TPSA) is 76.2 Å². The normalized spacial score (nSPS) is 12.1. The summed E-state index contributed by atoms with van der Waals surface area (Å²) in [5.74, 6) is 0.194. The fourth-order valence-corrected chi connectivity index (χ4v) is 3.33. The van der Waals surface area contributed by atoms with E-state index < -0.39 is 0 Å². The van der Waals surface area contributed by atoms with Crippen molar-refractivity contribution in [1.82, 2.24) is 19.8 Å². The summed E-state index contributed by atoms with van der Waals surface area (Å²) in [5, 5.41) is 11.4. The van der Waals surface area contributed by atoms with Crippen LogP contribution in [0, 0.1) is 6.92 Å². The molecule has 0 saturated carbocycles. The first-order valence-electron chi connectivity index (χ1n) is 10.1. The summed E-state index contributed by atoms with van der Waals surface area (Å²) in [4.78, 5) is 14.7. The monoisotopic (exact) mass is 415 g/mol. The van der Waals surface area contributed by atoms with E-state index in [0.29, 0.717) is 12.4 Å². The van der Waals surface area contributed by atoms with Crippen molar-refractivity contribution < 1.29 is 9.32 Å². The Hall–Kier alpha value is -3.71. The van der Waals surface area contributed by atoms with Gasteiger partial charge in [0.25, 0.3) is 0 Å². The van der Waals surface area contributed by atoms with Crippen LogP contribution in [0.3, 0.4) is 0 Å². The van der Waals surface area contributed by atoms with Gasteiger partial charge in [0.15, 0.2) is 0 Å². The van der Waals surface area contributed by atoms with E-state index in [1.54, 1.807) is 6.07 Å². The average Bonchev–Trinajstić information content (AvgIpc) is 3.40. The number of rotatable bonds is 7. The van der Waals surface area contributed by atoms with Gasteiger partial charge in [0.2, 0.25) is 11.8 Å². The molecule has 0 aliphatic heterocycles. The number of nitrogens with zero attached hydrogens (tertiary/aromatic N) is 4. The van der Waals surface area contributed by atoms with E-state index in [1.807, 2.05) is 97.3 Å². The van der Waals surface area contributed by atoms with Crippen LogP contribution in [0.4, 0.5) is 5.88 Å². The Morgan fingerprint density at radius 1 is 1.13 bits per heavy atom. The molecule has 0 aliphatic rings. The van der Waals surface area contributed by atoms with E-state index in [4.69, 9.17) is 9.62 Å². The second-order valence-electron chi connectivity index (χ2n) is 7.56. The lowest BCUT2D eigenvalue weighted by Crippen LogP contribution is -2.39. The first-order chi connectivity index (χ1) is 15.0. The highest BCUT2D eigenvalue weighted by Crippen LogP contribution is 2.25. The number of nitrogens with one attached hydrogen (secondary N) is 1. The second kappa shape index (κ2) is 8.97. The highest BCUT2D eigenvalue weighted by molar-refractivity contribution is 5.93. The number of benzene rings is 2. The van der Waals surface area contributed by atoms with Gasteiger partial charge in [-0.1, -0.05) is 53.7 Å². The van der Waals surface area contributed by atoms with Gasteiger partial charge in [-0.05, 0) is 33.0 Å².